The maximum atomic E-state index is 9.49. The monoisotopic (exact) mass is 274 g/mol. The van der Waals surface area contributed by atoms with E-state index in [0.717, 1.165) is 22.7 Å². The Morgan fingerprint density at radius 1 is 1.37 bits per heavy atom. The van der Waals surface area contributed by atoms with E-state index in [2.05, 4.69) is 11.9 Å². The summed E-state index contributed by atoms with van der Waals surface area (Å²) in [5.74, 6) is 1.28. The van der Waals surface area contributed by atoms with Crippen LogP contribution in [0.15, 0.2) is 35.8 Å². The molecule has 0 amide bonds. The molecule has 4 nitrogen and oxygen atoms in total. The third-order valence-electron chi connectivity index (χ3n) is 3.03. The van der Waals surface area contributed by atoms with Crippen LogP contribution in [-0.2, 0) is 13.0 Å². The molecule has 1 aromatic carbocycles. The molecule has 5 heteroatoms. The first kappa shape index (κ1) is 12.2. The van der Waals surface area contributed by atoms with Gasteiger partial charge in [0.05, 0.1) is 6.61 Å². The summed E-state index contributed by atoms with van der Waals surface area (Å²) in [5.41, 5.74) is 1.81. The minimum atomic E-state index is -0.0957. The number of aromatic nitrogens is 2. The van der Waals surface area contributed by atoms with Gasteiger partial charge in [-0.1, -0.05) is 25.1 Å². The predicted molar refractivity (Wildman–Crippen MR) is 74.9 cm³/mol. The number of hydrogen-bond acceptors (Lipinski definition) is 4. The number of nitrogens with zero attached hydrogens (tertiary/aromatic N) is 2. The Kier molecular flexibility index (Phi) is 3.23. The zero-order valence-corrected chi connectivity index (χ0v) is 11.4. The molecule has 0 atom stereocenters. The van der Waals surface area contributed by atoms with Crippen molar-refractivity contribution < 1.29 is 9.84 Å². The second-order valence-electron chi connectivity index (χ2n) is 4.14. The normalized spacial score (nSPS) is 11.1. The number of hydrogen-bond donors (Lipinski definition) is 1. The molecule has 3 aromatic rings. The summed E-state index contributed by atoms with van der Waals surface area (Å²) in [6, 6.07) is 7.88. The van der Waals surface area contributed by atoms with E-state index < -0.39 is 0 Å². The van der Waals surface area contributed by atoms with Gasteiger partial charge in [0.15, 0.2) is 4.96 Å². The van der Waals surface area contributed by atoms with Gasteiger partial charge in [0, 0.05) is 11.6 Å². The molecule has 3 rings (SSSR count). The van der Waals surface area contributed by atoms with Gasteiger partial charge in [-0.2, -0.15) is 4.98 Å². The van der Waals surface area contributed by atoms with Crippen LogP contribution in [0.25, 0.3) is 4.96 Å². The van der Waals surface area contributed by atoms with Crippen LogP contribution >= 0.6 is 11.3 Å². The Morgan fingerprint density at radius 2 is 2.21 bits per heavy atom. The van der Waals surface area contributed by atoms with E-state index in [-0.39, 0.29) is 6.61 Å². The Labute approximate surface area is 114 Å². The van der Waals surface area contributed by atoms with Crippen molar-refractivity contribution in [3.8, 4) is 11.6 Å². The fraction of sp³-hybridized carbons (Fsp3) is 0.214. The lowest BCUT2D eigenvalue weighted by molar-refractivity contribution is 0.269. The Bertz CT molecular complexity index is 702. The number of benzene rings is 1. The molecule has 0 bridgehead atoms. The number of aliphatic hydroxyl groups excluding tert-OH is 1. The van der Waals surface area contributed by atoms with Gasteiger partial charge in [-0.3, -0.25) is 4.40 Å². The van der Waals surface area contributed by atoms with Gasteiger partial charge in [0.25, 0.3) is 0 Å². The second kappa shape index (κ2) is 5.03. The average molecular weight is 274 g/mol. The number of ether oxygens (including phenoxy) is 1. The number of thiazole rings is 1. The summed E-state index contributed by atoms with van der Waals surface area (Å²) in [5, 5.41) is 11.4. The van der Waals surface area contributed by atoms with Crippen LogP contribution in [-0.4, -0.2) is 14.5 Å². The van der Waals surface area contributed by atoms with E-state index in [1.165, 1.54) is 11.3 Å². The van der Waals surface area contributed by atoms with Crippen molar-refractivity contribution in [2.45, 2.75) is 20.0 Å². The van der Waals surface area contributed by atoms with Gasteiger partial charge in [-0.25, -0.2) is 0 Å². The molecular formula is C14H14N2O2S. The highest BCUT2D eigenvalue weighted by Crippen LogP contribution is 2.30. The van der Waals surface area contributed by atoms with Gasteiger partial charge < -0.3 is 9.84 Å². The molecule has 2 aromatic heterocycles. The number of aliphatic hydroxyl groups is 1. The molecule has 0 aliphatic carbocycles. The van der Waals surface area contributed by atoms with Crippen molar-refractivity contribution in [2.75, 3.05) is 0 Å². The van der Waals surface area contributed by atoms with E-state index in [9.17, 15) is 5.11 Å². The maximum Gasteiger partial charge on any atom is 0.244 e. The lowest BCUT2D eigenvalue weighted by atomic mass is 10.1. The van der Waals surface area contributed by atoms with E-state index >= 15 is 0 Å². The third kappa shape index (κ3) is 2.11. The van der Waals surface area contributed by atoms with Crippen molar-refractivity contribution in [1.82, 2.24) is 9.38 Å². The van der Waals surface area contributed by atoms with E-state index in [0.29, 0.717) is 11.6 Å². The second-order valence-corrected chi connectivity index (χ2v) is 5.01. The zero-order valence-electron chi connectivity index (χ0n) is 10.5. The first-order valence-corrected chi connectivity index (χ1v) is 7.02. The quantitative estimate of drug-likeness (QED) is 0.794. The smallest absolute Gasteiger partial charge is 0.244 e. The fourth-order valence-corrected chi connectivity index (χ4v) is 2.76. The summed E-state index contributed by atoms with van der Waals surface area (Å²) in [6.45, 7) is 1.99. The Balaban J connectivity index is 2.02. The number of aryl methyl sites for hydroxylation is 1. The molecule has 1 N–H and O–H groups in total. The summed E-state index contributed by atoms with van der Waals surface area (Å²) in [6.07, 6.45) is 2.78. The van der Waals surface area contributed by atoms with Crippen molar-refractivity contribution in [3.05, 3.63) is 47.1 Å². The van der Waals surface area contributed by atoms with Crippen LogP contribution in [0.5, 0.6) is 11.6 Å². The molecule has 0 spiro atoms. The number of para-hydroxylation sites is 1. The zero-order chi connectivity index (χ0) is 13.2. The molecule has 0 aliphatic rings. The topological polar surface area (TPSA) is 46.8 Å². The molecule has 0 saturated heterocycles. The molecule has 0 radical (unpaired) electrons. The van der Waals surface area contributed by atoms with Crippen molar-refractivity contribution >= 4 is 16.3 Å². The minimum absolute atomic E-state index is 0.0957. The van der Waals surface area contributed by atoms with E-state index in [1.54, 1.807) is 0 Å². The molecule has 19 heavy (non-hydrogen) atoms. The Hall–Kier alpha value is -1.85. The molecule has 0 unspecified atom stereocenters. The lowest BCUT2D eigenvalue weighted by Crippen LogP contribution is -1.95. The van der Waals surface area contributed by atoms with Gasteiger partial charge in [0.2, 0.25) is 5.88 Å². The van der Waals surface area contributed by atoms with Crippen molar-refractivity contribution in [3.63, 3.8) is 0 Å². The van der Waals surface area contributed by atoms with Gasteiger partial charge in [0.1, 0.15) is 11.4 Å². The Morgan fingerprint density at radius 3 is 3.00 bits per heavy atom. The molecule has 0 aliphatic heterocycles. The first-order chi connectivity index (χ1) is 9.33. The standard InChI is InChI=1S/C14H14N2O2S/c1-2-10-5-3-4-6-12(10)18-13-11(9-17)16-7-8-19-14(16)15-13/h3-8,17H,2,9H2,1H3. The third-order valence-corrected chi connectivity index (χ3v) is 3.79. The minimum Gasteiger partial charge on any atom is -0.437 e. The number of fused-ring (bicyclic) bond motifs is 1. The van der Waals surface area contributed by atoms with E-state index in [1.807, 2.05) is 40.2 Å². The van der Waals surface area contributed by atoms with Crippen LogP contribution in [0.2, 0.25) is 0 Å². The lowest BCUT2D eigenvalue weighted by Gasteiger charge is -2.08. The first-order valence-electron chi connectivity index (χ1n) is 6.14. The summed E-state index contributed by atoms with van der Waals surface area (Å²) >= 11 is 1.52. The summed E-state index contributed by atoms with van der Waals surface area (Å²) in [7, 11) is 0. The SMILES string of the molecule is CCc1ccccc1Oc1nc2sccn2c1CO. The summed E-state index contributed by atoms with van der Waals surface area (Å²) in [4.78, 5) is 5.24. The molecular weight excluding hydrogens is 260 g/mol. The van der Waals surface area contributed by atoms with Crippen molar-refractivity contribution in [2.24, 2.45) is 0 Å². The molecule has 0 fully saturated rings. The molecule has 0 saturated carbocycles. The van der Waals surface area contributed by atoms with Crippen molar-refractivity contribution in [1.29, 1.82) is 0 Å². The van der Waals surface area contributed by atoms with Crippen LogP contribution in [0.3, 0.4) is 0 Å². The largest absolute Gasteiger partial charge is 0.437 e. The van der Waals surface area contributed by atoms with Crippen LogP contribution in [0, 0.1) is 0 Å². The maximum absolute atomic E-state index is 9.49. The predicted octanol–water partition coefficient (Wildman–Crippen LogP) is 3.24. The number of rotatable bonds is 4. The highest BCUT2D eigenvalue weighted by molar-refractivity contribution is 7.15. The number of imidazole rings is 1. The molecule has 2 heterocycles. The summed E-state index contributed by atoms with van der Waals surface area (Å²) < 4.78 is 7.74. The highest BCUT2D eigenvalue weighted by Gasteiger charge is 2.15. The van der Waals surface area contributed by atoms with Crippen LogP contribution in [0.4, 0.5) is 0 Å². The van der Waals surface area contributed by atoms with Crippen LogP contribution in [0.1, 0.15) is 18.2 Å². The van der Waals surface area contributed by atoms with E-state index in [4.69, 9.17) is 4.74 Å². The van der Waals surface area contributed by atoms with Crippen LogP contribution < -0.4 is 4.74 Å². The highest BCUT2D eigenvalue weighted by atomic mass is 32.1. The molecule has 98 valence electrons. The fourth-order valence-electron chi connectivity index (χ4n) is 2.04. The van der Waals surface area contributed by atoms with Gasteiger partial charge >= 0.3 is 0 Å². The van der Waals surface area contributed by atoms with Gasteiger partial charge in [-0.05, 0) is 18.1 Å². The van der Waals surface area contributed by atoms with Gasteiger partial charge in [-0.15, -0.1) is 11.3 Å². The average Bonchev–Trinajstić information content (AvgIpc) is 2.99.